The summed E-state index contributed by atoms with van der Waals surface area (Å²) in [5.74, 6) is 0. The summed E-state index contributed by atoms with van der Waals surface area (Å²) >= 11 is 1.93. The summed E-state index contributed by atoms with van der Waals surface area (Å²) in [5.41, 5.74) is 1.95. The Labute approximate surface area is 122 Å². The van der Waals surface area contributed by atoms with Crippen LogP contribution in [0.15, 0.2) is 11.4 Å². The quantitative estimate of drug-likeness (QED) is 0.857. The van der Waals surface area contributed by atoms with Crippen LogP contribution in [0.3, 0.4) is 0 Å². The number of hydrogen-bond acceptors (Lipinski definition) is 3. The maximum Gasteiger partial charge on any atom is 0.0245 e. The third-order valence-electron chi connectivity index (χ3n) is 4.28. The summed E-state index contributed by atoms with van der Waals surface area (Å²) in [6, 6.07) is 2.89. The Kier molecular flexibility index (Phi) is 5.04. The molecule has 0 saturated heterocycles. The predicted molar refractivity (Wildman–Crippen MR) is 84.8 cm³/mol. The molecule has 0 fully saturated rings. The van der Waals surface area contributed by atoms with Crippen LogP contribution >= 0.6 is 11.3 Å². The van der Waals surface area contributed by atoms with Gasteiger partial charge in [0, 0.05) is 37.1 Å². The first-order valence-electron chi connectivity index (χ1n) is 7.53. The predicted octanol–water partition coefficient (Wildman–Crippen LogP) is 3.52. The monoisotopic (exact) mass is 280 g/mol. The molecule has 1 aliphatic heterocycles. The second-order valence-electron chi connectivity index (χ2n) is 6.53. The maximum atomic E-state index is 3.62. The zero-order valence-electron chi connectivity index (χ0n) is 12.8. The average Bonchev–Trinajstić information content (AvgIpc) is 2.84. The molecule has 1 atom stereocenters. The molecule has 0 spiro atoms. The SMILES string of the molecule is CCC(C)(CNC(C)C)CN1CCc2sccc2C1. The molecule has 1 unspecified atom stereocenters. The van der Waals surface area contributed by atoms with Gasteiger partial charge in [-0.1, -0.05) is 27.7 Å². The van der Waals surface area contributed by atoms with Crippen molar-refractivity contribution in [1.82, 2.24) is 10.2 Å². The lowest BCUT2D eigenvalue weighted by atomic mass is 9.86. The molecule has 1 aliphatic rings. The highest BCUT2D eigenvalue weighted by Gasteiger charge is 2.27. The fraction of sp³-hybridized carbons (Fsp3) is 0.750. The van der Waals surface area contributed by atoms with Crippen LogP contribution in [0, 0.1) is 5.41 Å². The van der Waals surface area contributed by atoms with Crippen molar-refractivity contribution in [3.63, 3.8) is 0 Å². The summed E-state index contributed by atoms with van der Waals surface area (Å²) in [5, 5.41) is 5.86. The maximum absolute atomic E-state index is 3.62. The molecular weight excluding hydrogens is 252 g/mol. The standard InChI is InChI=1S/C16H28N2S/c1-5-16(4,11-17-13(2)3)12-18-8-6-15-14(10-18)7-9-19-15/h7,9,13,17H,5-6,8,10-12H2,1-4H3. The van der Waals surface area contributed by atoms with Crippen molar-refractivity contribution in [3.05, 3.63) is 21.9 Å². The van der Waals surface area contributed by atoms with E-state index in [9.17, 15) is 0 Å². The van der Waals surface area contributed by atoms with Gasteiger partial charge in [0.15, 0.2) is 0 Å². The van der Waals surface area contributed by atoms with E-state index in [4.69, 9.17) is 0 Å². The van der Waals surface area contributed by atoms with Crippen LogP contribution in [0.1, 0.15) is 44.6 Å². The fourth-order valence-electron chi connectivity index (χ4n) is 2.72. The average molecular weight is 280 g/mol. The summed E-state index contributed by atoms with van der Waals surface area (Å²) < 4.78 is 0. The van der Waals surface area contributed by atoms with E-state index in [0.717, 1.165) is 13.1 Å². The van der Waals surface area contributed by atoms with Gasteiger partial charge in [-0.25, -0.2) is 0 Å². The van der Waals surface area contributed by atoms with E-state index < -0.39 is 0 Å². The molecule has 2 heterocycles. The van der Waals surface area contributed by atoms with Gasteiger partial charge in [0.05, 0.1) is 0 Å². The summed E-state index contributed by atoms with van der Waals surface area (Å²) in [7, 11) is 0. The van der Waals surface area contributed by atoms with Crippen molar-refractivity contribution in [2.24, 2.45) is 5.41 Å². The Morgan fingerprint density at radius 1 is 1.47 bits per heavy atom. The van der Waals surface area contributed by atoms with E-state index >= 15 is 0 Å². The molecule has 1 aromatic heterocycles. The number of thiophene rings is 1. The lowest BCUT2D eigenvalue weighted by Crippen LogP contribution is -2.44. The van der Waals surface area contributed by atoms with Crippen molar-refractivity contribution in [3.8, 4) is 0 Å². The smallest absolute Gasteiger partial charge is 0.0245 e. The van der Waals surface area contributed by atoms with Gasteiger partial charge in [0.1, 0.15) is 0 Å². The third-order valence-corrected chi connectivity index (χ3v) is 5.31. The second kappa shape index (κ2) is 6.38. The van der Waals surface area contributed by atoms with E-state index in [1.165, 1.54) is 25.9 Å². The lowest BCUT2D eigenvalue weighted by molar-refractivity contribution is 0.142. The molecule has 0 radical (unpaired) electrons. The first kappa shape index (κ1) is 15.0. The van der Waals surface area contributed by atoms with E-state index in [2.05, 4.69) is 49.4 Å². The molecule has 0 amide bonds. The van der Waals surface area contributed by atoms with Crippen LogP contribution in [-0.4, -0.2) is 30.6 Å². The van der Waals surface area contributed by atoms with Crippen molar-refractivity contribution < 1.29 is 0 Å². The Balaban J connectivity index is 1.92. The number of fused-ring (bicyclic) bond motifs is 1. The van der Waals surface area contributed by atoms with Crippen molar-refractivity contribution in [2.45, 2.75) is 53.1 Å². The van der Waals surface area contributed by atoms with Gasteiger partial charge in [-0.2, -0.15) is 0 Å². The molecule has 19 heavy (non-hydrogen) atoms. The molecule has 3 heteroatoms. The molecular formula is C16H28N2S. The Morgan fingerprint density at radius 2 is 2.26 bits per heavy atom. The number of rotatable bonds is 6. The van der Waals surface area contributed by atoms with Gasteiger partial charge in [-0.15, -0.1) is 11.3 Å². The Bertz CT molecular complexity index is 399. The van der Waals surface area contributed by atoms with Gasteiger partial charge < -0.3 is 5.32 Å². The number of nitrogens with one attached hydrogen (secondary N) is 1. The highest BCUT2D eigenvalue weighted by molar-refractivity contribution is 7.10. The van der Waals surface area contributed by atoms with Gasteiger partial charge in [0.25, 0.3) is 0 Å². The molecule has 1 N–H and O–H groups in total. The molecule has 0 saturated carbocycles. The van der Waals surface area contributed by atoms with Crippen molar-refractivity contribution in [2.75, 3.05) is 19.6 Å². The van der Waals surface area contributed by atoms with Crippen LogP contribution < -0.4 is 5.32 Å². The highest BCUT2D eigenvalue weighted by atomic mass is 32.1. The first-order valence-corrected chi connectivity index (χ1v) is 8.41. The summed E-state index contributed by atoms with van der Waals surface area (Å²) in [6.45, 7) is 13.9. The van der Waals surface area contributed by atoms with Crippen LogP contribution in [0.25, 0.3) is 0 Å². The minimum absolute atomic E-state index is 0.387. The minimum atomic E-state index is 0.387. The first-order chi connectivity index (χ1) is 9.02. The van der Waals surface area contributed by atoms with Crippen LogP contribution in [0.2, 0.25) is 0 Å². The second-order valence-corrected chi connectivity index (χ2v) is 7.53. The zero-order chi connectivity index (χ0) is 13.9. The van der Waals surface area contributed by atoms with E-state index in [1.807, 2.05) is 11.3 Å². The van der Waals surface area contributed by atoms with Gasteiger partial charge in [-0.3, -0.25) is 4.90 Å². The number of hydrogen-bond donors (Lipinski definition) is 1. The molecule has 2 rings (SSSR count). The van der Waals surface area contributed by atoms with Crippen LogP contribution in [-0.2, 0) is 13.0 Å². The van der Waals surface area contributed by atoms with Crippen LogP contribution in [0.4, 0.5) is 0 Å². The highest BCUT2D eigenvalue weighted by Crippen LogP contribution is 2.28. The molecule has 0 aliphatic carbocycles. The van der Waals surface area contributed by atoms with Crippen molar-refractivity contribution in [1.29, 1.82) is 0 Å². The molecule has 0 bridgehead atoms. The minimum Gasteiger partial charge on any atom is -0.314 e. The number of nitrogens with zero attached hydrogens (tertiary/aromatic N) is 1. The van der Waals surface area contributed by atoms with Gasteiger partial charge in [-0.05, 0) is 35.3 Å². The van der Waals surface area contributed by atoms with Crippen molar-refractivity contribution >= 4 is 11.3 Å². The fourth-order valence-corrected chi connectivity index (χ4v) is 3.61. The lowest BCUT2D eigenvalue weighted by Gasteiger charge is -2.37. The van der Waals surface area contributed by atoms with Gasteiger partial charge >= 0.3 is 0 Å². The topological polar surface area (TPSA) is 15.3 Å². The van der Waals surface area contributed by atoms with Crippen LogP contribution in [0.5, 0.6) is 0 Å². The zero-order valence-corrected chi connectivity index (χ0v) is 13.6. The normalized spacial score (nSPS) is 19.4. The summed E-state index contributed by atoms with van der Waals surface area (Å²) in [4.78, 5) is 4.25. The third kappa shape index (κ3) is 4.04. The van der Waals surface area contributed by atoms with E-state index in [-0.39, 0.29) is 0 Å². The molecule has 0 aromatic carbocycles. The summed E-state index contributed by atoms with van der Waals surface area (Å²) in [6.07, 6.45) is 2.48. The Morgan fingerprint density at radius 3 is 2.95 bits per heavy atom. The molecule has 108 valence electrons. The largest absolute Gasteiger partial charge is 0.314 e. The van der Waals surface area contributed by atoms with E-state index in [0.29, 0.717) is 11.5 Å². The molecule has 1 aromatic rings. The van der Waals surface area contributed by atoms with E-state index in [1.54, 1.807) is 10.4 Å². The Hall–Kier alpha value is -0.380. The molecule has 2 nitrogen and oxygen atoms in total. The van der Waals surface area contributed by atoms with Gasteiger partial charge in [0.2, 0.25) is 0 Å².